The van der Waals surface area contributed by atoms with Crippen LogP contribution in [0.3, 0.4) is 0 Å². The predicted molar refractivity (Wildman–Crippen MR) is 304 cm³/mol. The van der Waals surface area contributed by atoms with E-state index < -0.39 is 0 Å². The fraction of sp³-hybridized carbons (Fsp3) is 0.217. The Bertz CT molecular complexity index is 3470. The van der Waals surface area contributed by atoms with Gasteiger partial charge in [0.2, 0.25) is 0 Å². The van der Waals surface area contributed by atoms with Crippen molar-refractivity contribution in [1.82, 2.24) is 4.57 Å². The summed E-state index contributed by atoms with van der Waals surface area (Å²) in [7, 11) is 0. The number of anilines is 3. The van der Waals surface area contributed by atoms with Crippen molar-refractivity contribution in [2.45, 2.75) is 85.5 Å². The number of rotatable bonds is 13. The van der Waals surface area contributed by atoms with Crippen molar-refractivity contribution >= 4 is 38.9 Å². The van der Waals surface area contributed by atoms with E-state index >= 15 is 0 Å². The first kappa shape index (κ1) is 46.0. The number of aryl methyl sites for hydroxylation is 2. The Balaban J connectivity index is 0.856. The summed E-state index contributed by atoms with van der Waals surface area (Å²) in [5.74, 6) is 1.26. The third kappa shape index (κ3) is 8.91. The Morgan fingerprint density at radius 1 is 0.465 bits per heavy atom. The molecule has 1 unspecified atom stereocenters. The number of aromatic nitrogens is 1. The SMILES string of the molecule is CC(C)CC(c1ccc(CCCc2ccc(-n3c4ccccc4c4cc(-c5ccc(N(c6ccc(-c7ccccc7)cc6)c6ccc7c(c6)C(C)(C)c6ccccc6-7)cc5)ccc43)cc2)cc1)C(C)(C)C. The molecule has 0 amide bonds. The first-order valence-electron chi connectivity index (χ1n) is 25.9. The Kier molecular flexibility index (Phi) is 12.1. The molecule has 2 heteroatoms. The van der Waals surface area contributed by atoms with Crippen molar-refractivity contribution in [1.29, 1.82) is 0 Å². The van der Waals surface area contributed by atoms with Crippen LogP contribution in [0.15, 0.2) is 212 Å². The summed E-state index contributed by atoms with van der Waals surface area (Å²) in [6.07, 6.45) is 4.51. The van der Waals surface area contributed by atoms with E-state index in [-0.39, 0.29) is 10.8 Å². The lowest BCUT2D eigenvalue weighted by atomic mass is 9.72. The largest absolute Gasteiger partial charge is 0.310 e. The Morgan fingerprint density at radius 2 is 1.00 bits per heavy atom. The normalized spacial score (nSPS) is 13.4. The van der Waals surface area contributed by atoms with Crippen LogP contribution in [0, 0.1) is 11.3 Å². The van der Waals surface area contributed by atoms with Crippen LogP contribution in [0.4, 0.5) is 17.1 Å². The molecule has 0 saturated heterocycles. The summed E-state index contributed by atoms with van der Waals surface area (Å²) < 4.78 is 2.43. The van der Waals surface area contributed by atoms with E-state index in [1.54, 1.807) is 0 Å². The van der Waals surface area contributed by atoms with Crippen molar-refractivity contribution in [2.24, 2.45) is 11.3 Å². The standard InChI is InChI=1S/C69H66N2/c1-47(2)44-64(68(3,4)5)53-28-24-48(25-29-53)16-15-17-49-26-35-57(36-27-49)71-66-23-14-12-21-61(66)62-45-54(34-43-67(62)71)52-32-39-56(40-33-52)70(55-37-30-51(31-38-55)50-18-9-8-10-19-50)58-41-42-60-59-20-11-13-22-63(59)69(6,7)65(60)46-58/h8-14,18-43,45-47,64H,15-17,44H2,1-7H3. The van der Waals surface area contributed by atoms with E-state index in [9.17, 15) is 0 Å². The molecule has 0 saturated carbocycles. The maximum atomic E-state index is 2.43. The van der Waals surface area contributed by atoms with E-state index in [0.29, 0.717) is 11.8 Å². The van der Waals surface area contributed by atoms with Gasteiger partial charge in [-0.05, 0) is 171 Å². The van der Waals surface area contributed by atoms with Gasteiger partial charge in [-0.15, -0.1) is 0 Å². The molecule has 0 aliphatic heterocycles. The zero-order chi connectivity index (χ0) is 48.9. The highest BCUT2D eigenvalue weighted by Gasteiger charge is 2.36. The molecule has 0 bridgehead atoms. The van der Waals surface area contributed by atoms with Crippen LogP contribution >= 0.6 is 0 Å². The van der Waals surface area contributed by atoms with Gasteiger partial charge in [-0.25, -0.2) is 0 Å². The zero-order valence-electron chi connectivity index (χ0n) is 42.6. The van der Waals surface area contributed by atoms with Crippen molar-refractivity contribution < 1.29 is 0 Å². The predicted octanol–water partition coefficient (Wildman–Crippen LogP) is 19.2. The number of nitrogens with zero attached hydrogens (tertiary/aromatic N) is 2. The van der Waals surface area contributed by atoms with Gasteiger partial charge in [-0.3, -0.25) is 0 Å². The van der Waals surface area contributed by atoms with E-state index in [2.05, 4.69) is 270 Å². The first-order valence-corrected chi connectivity index (χ1v) is 25.9. The van der Waals surface area contributed by atoms with Gasteiger partial charge in [0.15, 0.2) is 0 Å². The molecule has 9 aromatic carbocycles. The van der Waals surface area contributed by atoms with Crippen molar-refractivity contribution in [2.75, 3.05) is 4.90 Å². The van der Waals surface area contributed by atoms with Gasteiger partial charge in [-0.1, -0.05) is 194 Å². The number of para-hydroxylation sites is 1. The Labute approximate surface area is 422 Å². The zero-order valence-corrected chi connectivity index (χ0v) is 42.6. The lowest BCUT2D eigenvalue weighted by molar-refractivity contribution is 0.280. The lowest BCUT2D eigenvalue weighted by Gasteiger charge is -2.32. The lowest BCUT2D eigenvalue weighted by Crippen LogP contribution is -2.20. The molecule has 0 N–H and O–H groups in total. The molecule has 1 aliphatic carbocycles. The highest BCUT2D eigenvalue weighted by molar-refractivity contribution is 6.10. The minimum absolute atomic E-state index is 0.0994. The molecular weight excluding hydrogens is 857 g/mol. The quantitative estimate of drug-likeness (QED) is 0.112. The summed E-state index contributed by atoms with van der Waals surface area (Å²) >= 11 is 0. The Hall–Kier alpha value is -7.42. The average Bonchev–Trinajstić information content (AvgIpc) is 3.84. The number of benzene rings is 9. The summed E-state index contributed by atoms with van der Waals surface area (Å²) in [5.41, 5.74) is 21.7. The average molecular weight is 923 g/mol. The molecule has 352 valence electrons. The van der Waals surface area contributed by atoms with Crippen LogP contribution in [0.1, 0.15) is 95.0 Å². The van der Waals surface area contributed by atoms with Crippen molar-refractivity contribution in [3.05, 3.63) is 240 Å². The van der Waals surface area contributed by atoms with Crippen LogP contribution in [0.2, 0.25) is 0 Å². The molecule has 10 aromatic rings. The van der Waals surface area contributed by atoms with Gasteiger partial charge in [0.05, 0.1) is 11.0 Å². The topological polar surface area (TPSA) is 8.17 Å². The number of fused-ring (bicyclic) bond motifs is 6. The molecule has 1 aromatic heterocycles. The van der Waals surface area contributed by atoms with E-state index in [0.717, 1.165) is 36.3 Å². The van der Waals surface area contributed by atoms with Gasteiger partial charge < -0.3 is 9.47 Å². The van der Waals surface area contributed by atoms with Crippen molar-refractivity contribution in [3.8, 4) is 39.1 Å². The molecule has 2 nitrogen and oxygen atoms in total. The van der Waals surface area contributed by atoms with Gasteiger partial charge in [0.1, 0.15) is 0 Å². The molecule has 71 heavy (non-hydrogen) atoms. The molecule has 1 aliphatic rings. The minimum atomic E-state index is -0.0994. The minimum Gasteiger partial charge on any atom is -0.310 e. The summed E-state index contributed by atoms with van der Waals surface area (Å²) in [4.78, 5) is 2.41. The van der Waals surface area contributed by atoms with Crippen LogP contribution in [-0.4, -0.2) is 4.57 Å². The fourth-order valence-electron chi connectivity index (χ4n) is 11.6. The monoisotopic (exact) mass is 923 g/mol. The second-order valence-electron chi connectivity index (χ2n) is 22.1. The van der Waals surface area contributed by atoms with Crippen LogP contribution in [0.25, 0.3) is 60.9 Å². The van der Waals surface area contributed by atoms with E-state index in [1.807, 2.05) is 0 Å². The second kappa shape index (κ2) is 18.7. The molecule has 1 heterocycles. The molecule has 0 fully saturated rings. The highest BCUT2D eigenvalue weighted by Crippen LogP contribution is 2.51. The first-order chi connectivity index (χ1) is 34.4. The van der Waals surface area contributed by atoms with Crippen LogP contribution in [0.5, 0.6) is 0 Å². The highest BCUT2D eigenvalue weighted by atomic mass is 15.1. The smallest absolute Gasteiger partial charge is 0.0541 e. The summed E-state index contributed by atoms with van der Waals surface area (Å²) in [6, 6.07) is 79.4. The van der Waals surface area contributed by atoms with Gasteiger partial charge in [0, 0.05) is 38.9 Å². The van der Waals surface area contributed by atoms with Gasteiger partial charge in [0.25, 0.3) is 0 Å². The maximum absolute atomic E-state index is 2.43. The van der Waals surface area contributed by atoms with Crippen LogP contribution < -0.4 is 4.90 Å². The number of hydrogen-bond acceptors (Lipinski definition) is 1. The van der Waals surface area contributed by atoms with E-state index in [4.69, 9.17) is 0 Å². The van der Waals surface area contributed by atoms with E-state index in [1.165, 1.54) is 95.1 Å². The maximum Gasteiger partial charge on any atom is 0.0541 e. The number of hydrogen-bond donors (Lipinski definition) is 0. The third-order valence-electron chi connectivity index (χ3n) is 15.4. The summed E-state index contributed by atoms with van der Waals surface area (Å²) in [5, 5.41) is 2.53. The van der Waals surface area contributed by atoms with Crippen molar-refractivity contribution in [3.63, 3.8) is 0 Å². The fourth-order valence-corrected chi connectivity index (χ4v) is 11.6. The van der Waals surface area contributed by atoms with Gasteiger partial charge >= 0.3 is 0 Å². The van der Waals surface area contributed by atoms with Crippen LogP contribution in [-0.2, 0) is 18.3 Å². The second-order valence-corrected chi connectivity index (χ2v) is 22.1. The third-order valence-corrected chi connectivity index (χ3v) is 15.4. The molecule has 11 rings (SSSR count). The molecule has 0 radical (unpaired) electrons. The molecule has 0 spiro atoms. The molecule has 1 atom stereocenters. The summed E-state index contributed by atoms with van der Waals surface area (Å²) in [6.45, 7) is 16.6. The Morgan fingerprint density at radius 3 is 1.66 bits per heavy atom. The van der Waals surface area contributed by atoms with Gasteiger partial charge in [-0.2, -0.15) is 0 Å². The molecular formula is C69H66N2.